The average Bonchev–Trinajstić information content (AvgIpc) is 2.26. The largest absolute Gasteiger partial charge is 0.381 e. The lowest BCUT2D eigenvalue weighted by molar-refractivity contribution is 0.124. The third-order valence-corrected chi connectivity index (χ3v) is 2.06. The van der Waals surface area contributed by atoms with E-state index in [-0.39, 0.29) is 0 Å². The number of ether oxygens (including phenoxy) is 2. The summed E-state index contributed by atoms with van der Waals surface area (Å²) in [4.78, 5) is 0. The van der Waals surface area contributed by atoms with Gasteiger partial charge >= 0.3 is 0 Å². The van der Waals surface area contributed by atoms with Crippen LogP contribution in [0, 0.1) is 0 Å². The first-order valence-corrected chi connectivity index (χ1v) is 6.28. The number of unbranched alkanes of at least 4 members (excludes halogenated alkanes) is 1. The topological polar surface area (TPSA) is 30.5 Å². The highest BCUT2D eigenvalue weighted by Gasteiger charge is 1.90. The zero-order valence-electron chi connectivity index (χ0n) is 10.4. The molecule has 0 radical (unpaired) electrons. The SMILES string of the molecule is CCCCOCCNCCCOCCC. The van der Waals surface area contributed by atoms with Crippen molar-refractivity contribution in [2.45, 2.75) is 39.5 Å². The van der Waals surface area contributed by atoms with Gasteiger partial charge in [-0.2, -0.15) is 0 Å². The molecule has 15 heavy (non-hydrogen) atoms. The van der Waals surface area contributed by atoms with E-state index in [1.165, 1.54) is 12.8 Å². The summed E-state index contributed by atoms with van der Waals surface area (Å²) in [6.45, 7) is 9.79. The molecular weight excluding hydrogens is 190 g/mol. The lowest BCUT2D eigenvalue weighted by atomic mass is 10.4. The van der Waals surface area contributed by atoms with Crippen molar-refractivity contribution in [2.24, 2.45) is 0 Å². The Morgan fingerprint density at radius 2 is 1.47 bits per heavy atom. The van der Waals surface area contributed by atoms with Gasteiger partial charge in [0, 0.05) is 26.4 Å². The predicted octanol–water partition coefficient (Wildman–Crippen LogP) is 2.21. The van der Waals surface area contributed by atoms with E-state index in [1.54, 1.807) is 0 Å². The Morgan fingerprint density at radius 1 is 0.733 bits per heavy atom. The molecule has 0 saturated heterocycles. The highest BCUT2D eigenvalue weighted by molar-refractivity contribution is 4.46. The molecule has 1 N–H and O–H groups in total. The Bertz CT molecular complexity index is 97.8. The molecule has 3 nitrogen and oxygen atoms in total. The molecule has 0 aromatic heterocycles. The lowest BCUT2D eigenvalue weighted by Gasteiger charge is -2.06. The Kier molecular flexibility index (Phi) is 13.8. The molecule has 0 spiro atoms. The van der Waals surface area contributed by atoms with Gasteiger partial charge in [0.1, 0.15) is 0 Å². The fourth-order valence-electron chi connectivity index (χ4n) is 1.16. The van der Waals surface area contributed by atoms with Crippen molar-refractivity contribution in [2.75, 3.05) is 39.5 Å². The van der Waals surface area contributed by atoms with Crippen LogP contribution in [-0.2, 0) is 9.47 Å². The fraction of sp³-hybridized carbons (Fsp3) is 1.00. The number of hydrogen-bond donors (Lipinski definition) is 1. The van der Waals surface area contributed by atoms with E-state index < -0.39 is 0 Å². The second-order valence-electron chi connectivity index (χ2n) is 3.68. The van der Waals surface area contributed by atoms with E-state index in [9.17, 15) is 0 Å². The summed E-state index contributed by atoms with van der Waals surface area (Å²) in [7, 11) is 0. The number of rotatable bonds is 12. The molecule has 0 aliphatic heterocycles. The lowest BCUT2D eigenvalue weighted by Crippen LogP contribution is -2.22. The quantitative estimate of drug-likeness (QED) is 0.508. The molecule has 0 atom stereocenters. The maximum absolute atomic E-state index is 5.43. The van der Waals surface area contributed by atoms with E-state index in [0.29, 0.717) is 0 Å². The van der Waals surface area contributed by atoms with Crippen LogP contribution in [0.1, 0.15) is 39.5 Å². The second-order valence-corrected chi connectivity index (χ2v) is 3.68. The zero-order valence-corrected chi connectivity index (χ0v) is 10.4. The van der Waals surface area contributed by atoms with Crippen molar-refractivity contribution >= 4 is 0 Å². The van der Waals surface area contributed by atoms with Crippen LogP contribution in [0.2, 0.25) is 0 Å². The van der Waals surface area contributed by atoms with Crippen LogP contribution in [0.15, 0.2) is 0 Å². The first kappa shape index (κ1) is 14.9. The molecule has 0 aromatic rings. The predicted molar refractivity (Wildman–Crippen MR) is 64.3 cm³/mol. The van der Waals surface area contributed by atoms with E-state index in [1.807, 2.05) is 0 Å². The summed E-state index contributed by atoms with van der Waals surface area (Å²) in [5.41, 5.74) is 0. The zero-order chi connectivity index (χ0) is 11.2. The first-order chi connectivity index (χ1) is 7.41. The molecule has 0 aromatic carbocycles. The van der Waals surface area contributed by atoms with Gasteiger partial charge in [-0.05, 0) is 25.8 Å². The third-order valence-electron chi connectivity index (χ3n) is 2.06. The minimum Gasteiger partial charge on any atom is -0.381 e. The minimum atomic E-state index is 0.829. The second kappa shape index (κ2) is 13.9. The van der Waals surface area contributed by atoms with Gasteiger partial charge in [-0.15, -0.1) is 0 Å². The Morgan fingerprint density at radius 3 is 2.20 bits per heavy atom. The Balaban J connectivity index is 2.81. The Hall–Kier alpha value is -0.120. The van der Waals surface area contributed by atoms with Crippen LogP contribution in [-0.4, -0.2) is 39.5 Å². The maximum Gasteiger partial charge on any atom is 0.0590 e. The fourth-order valence-corrected chi connectivity index (χ4v) is 1.16. The molecule has 0 amide bonds. The van der Waals surface area contributed by atoms with Gasteiger partial charge in [-0.3, -0.25) is 0 Å². The van der Waals surface area contributed by atoms with Gasteiger partial charge < -0.3 is 14.8 Å². The molecule has 92 valence electrons. The van der Waals surface area contributed by atoms with Gasteiger partial charge in [-0.1, -0.05) is 20.3 Å². The van der Waals surface area contributed by atoms with Gasteiger partial charge in [0.25, 0.3) is 0 Å². The van der Waals surface area contributed by atoms with E-state index in [4.69, 9.17) is 9.47 Å². The van der Waals surface area contributed by atoms with Crippen LogP contribution in [0.5, 0.6) is 0 Å². The maximum atomic E-state index is 5.43. The first-order valence-electron chi connectivity index (χ1n) is 6.28. The van der Waals surface area contributed by atoms with E-state index in [2.05, 4.69) is 19.2 Å². The summed E-state index contributed by atoms with van der Waals surface area (Å²) in [6, 6.07) is 0. The van der Waals surface area contributed by atoms with Crippen molar-refractivity contribution in [3.8, 4) is 0 Å². The molecule has 0 fully saturated rings. The van der Waals surface area contributed by atoms with E-state index >= 15 is 0 Å². The molecule has 0 aliphatic rings. The van der Waals surface area contributed by atoms with Crippen LogP contribution in [0.3, 0.4) is 0 Å². The van der Waals surface area contributed by atoms with Crippen molar-refractivity contribution < 1.29 is 9.47 Å². The highest BCUT2D eigenvalue weighted by Crippen LogP contribution is 1.87. The van der Waals surface area contributed by atoms with Gasteiger partial charge in [0.05, 0.1) is 6.61 Å². The Labute approximate surface area is 94.5 Å². The number of nitrogens with one attached hydrogen (secondary N) is 1. The summed E-state index contributed by atoms with van der Waals surface area (Å²) >= 11 is 0. The molecule has 0 unspecified atom stereocenters. The van der Waals surface area contributed by atoms with Gasteiger partial charge in [-0.25, -0.2) is 0 Å². The monoisotopic (exact) mass is 217 g/mol. The van der Waals surface area contributed by atoms with Crippen LogP contribution < -0.4 is 5.32 Å². The summed E-state index contributed by atoms with van der Waals surface area (Å²) in [5, 5.41) is 3.33. The normalized spacial score (nSPS) is 10.8. The van der Waals surface area contributed by atoms with E-state index in [0.717, 1.165) is 52.4 Å². The molecular formula is C12H27NO2. The van der Waals surface area contributed by atoms with Crippen molar-refractivity contribution in [1.82, 2.24) is 5.32 Å². The molecule has 0 heterocycles. The summed E-state index contributed by atoms with van der Waals surface area (Å²) in [5.74, 6) is 0. The van der Waals surface area contributed by atoms with Crippen LogP contribution in [0.4, 0.5) is 0 Å². The van der Waals surface area contributed by atoms with Crippen molar-refractivity contribution in [3.05, 3.63) is 0 Å². The average molecular weight is 217 g/mol. The van der Waals surface area contributed by atoms with Gasteiger partial charge in [0.15, 0.2) is 0 Å². The molecule has 0 aliphatic carbocycles. The van der Waals surface area contributed by atoms with Crippen LogP contribution >= 0.6 is 0 Å². The van der Waals surface area contributed by atoms with Gasteiger partial charge in [0.2, 0.25) is 0 Å². The number of hydrogen-bond acceptors (Lipinski definition) is 3. The molecule has 0 bridgehead atoms. The molecule has 0 rings (SSSR count). The van der Waals surface area contributed by atoms with Crippen LogP contribution in [0.25, 0.3) is 0 Å². The minimum absolute atomic E-state index is 0.829. The summed E-state index contributed by atoms with van der Waals surface area (Å²) < 4.78 is 10.8. The smallest absolute Gasteiger partial charge is 0.0590 e. The van der Waals surface area contributed by atoms with Crippen molar-refractivity contribution in [3.63, 3.8) is 0 Å². The summed E-state index contributed by atoms with van der Waals surface area (Å²) in [6.07, 6.45) is 4.58. The standard InChI is InChI=1S/C12H27NO2/c1-3-5-10-15-12-8-13-7-6-11-14-9-4-2/h13H,3-12H2,1-2H3. The molecule has 3 heteroatoms. The van der Waals surface area contributed by atoms with Crippen molar-refractivity contribution in [1.29, 1.82) is 0 Å². The third kappa shape index (κ3) is 13.9. The highest BCUT2D eigenvalue weighted by atomic mass is 16.5. The molecule has 0 saturated carbocycles.